The van der Waals surface area contributed by atoms with Gasteiger partial charge in [0.05, 0.1) is 18.0 Å². The lowest BCUT2D eigenvalue weighted by Gasteiger charge is -2.61. The molecule has 192 valence electrons. The Bertz CT molecular complexity index is 836. The molecule has 34 heavy (non-hydrogen) atoms. The lowest BCUT2D eigenvalue weighted by atomic mass is 9.44. The molecular weight excluding hydrogens is 450 g/mol. The molecule has 11 atom stereocenters. The van der Waals surface area contributed by atoms with Crippen molar-refractivity contribution in [3.05, 3.63) is 12.7 Å². The van der Waals surface area contributed by atoms with Gasteiger partial charge in [0.2, 0.25) is 0 Å². The summed E-state index contributed by atoms with van der Waals surface area (Å²) in [6, 6.07) is -0.0330. The smallest absolute Gasteiger partial charge is 0.316 e. The molecule has 0 aromatic rings. The first-order chi connectivity index (χ1) is 15.9. The van der Waals surface area contributed by atoms with Gasteiger partial charge in [-0.25, -0.2) is 0 Å². The quantitative estimate of drug-likeness (QED) is 0.397. The molecule has 7 heteroatoms. The number of hydrogen-bond donors (Lipinski definition) is 3. The van der Waals surface area contributed by atoms with Crippen LogP contribution in [0.3, 0.4) is 0 Å². The van der Waals surface area contributed by atoms with Gasteiger partial charge in [0, 0.05) is 34.5 Å². The number of rotatable bonds is 5. The Balaban J connectivity index is 1.65. The molecule has 0 saturated heterocycles. The number of carbonyl (C=O) groups excluding carboxylic acids is 2. The molecular formula is C27H43NO5S. The normalized spacial score (nSPS) is 50.9. The highest BCUT2D eigenvalue weighted by molar-refractivity contribution is 8.00. The summed E-state index contributed by atoms with van der Waals surface area (Å²) >= 11 is 1.41. The molecule has 0 radical (unpaired) electrons. The first-order valence-electron chi connectivity index (χ1n) is 13.0. The van der Waals surface area contributed by atoms with E-state index in [0.717, 1.165) is 19.3 Å². The maximum absolute atomic E-state index is 13.4. The number of aliphatic hydroxyl groups excluding tert-OH is 2. The van der Waals surface area contributed by atoms with Crippen molar-refractivity contribution in [2.45, 2.75) is 102 Å². The van der Waals surface area contributed by atoms with Crippen molar-refractivity contribution in [2.75, 3.05) is 5.75 Å². The topological polar surface area (TPSA) is 110 Å². The van der Waals surface area contributed by atoms with Crippen LogP contribution in [0.4, 0.5) is 0 Å². The predicted octanol–water partition coefficient (Wildman–Crippen LogP) is 3.48. The second-order valence-corrected chi connectivity index (χ2v) is 13.4. The van der Waals surface area contributed by atoms with Gasteiger partial charge in [0.1, 0.15) is 11.9 Å². The molecule has 0 heterocycles. The van der Waals surface area contributed by atoms with Gasteiger partial charge in [-0.3, -0.25) is 9.59 Å². The van der Waals surface area contributed by atoms with E-state index in [1.807, 2.05) is 13.0 Å². The molecule has 6 nitrogen and oxygen atoms in total. The van der Waals surface area contributed by atoms with E-state index in [9.17, 15) is 19.8 Å². The summed E-state index contributed by atoms with van der Waals surface area (Å²) in [5.41, 5.74) is 4.57. The van der Waals surface area contributed by atoms with Crippen molar-refractivity contribution in [1.29, 1.82) is 0 Å². The first-order valence-corrected chi connectivity index (χ1v) is 14.0. The number of ketones is 1. The number of nitrogens with two attached hydrogens (primary N) is 1. The lowest BCUT2D eigenvalue weighted by molar-refractivity contribution is -0.205. The molecule has 4 aliphatic carbocycles. The minimum Gasteiger partial charge on any atom is -0.461 e. The SMILES string of the molecule is C=C[C@]1(C)C[C@@H](OC(=O)CSC2CC(N)CC2O)[C@]2(C)[C@H](C)CC[C@]3(CCC(=O)[C@H]32)[C@@H](C)[C@@H]1O. The Kier molecular flexibility index (Phi) is 7.09. The van der Waals surface area contributed by atoms with Crippen molar-refractivity contribution in [2.24, 2.45) is 39.7 Å². The van der Waals surface area contributed by atoms with Crippen LogP contribution >= 0.6 is 11.8 Å². The molecule has 4 aliphatic rings. The van der Waals surface area contributed by atoms with Crippen molar-refractivity contribution in [1.82, 2.24) is 0 Å². The summed E-state index contributed by atoms with van der Waals surface area (Å²) < 4.78 is 6.26. The summed E-state index contributed by atoms with van der Waals surface area (Å²) in [4.78, 5) is 26.6. The molecule has 0 aliphatic heterocycles. The number of carbonyl (C=O) groups is 2. The largest absolute Gasteiger partial charge is 0.461 e. The summed E-state index contributed by atoms with van der Waals surface area (Å²) in [5.74, 6) is 0.0235. The molecule has 2 bridgehead atoms. The average Bonchev–Trinajstić information content (AvgIpc) is 3.31. The molecule has 4 fully saturated rings. The minimum absolute atomic E-state index is 0.0330. The third-order valence-corrected chi connectivity index (χ3v) is 11.8. The van der Waals surface area contributed by atoms with Crippen LogP contribution in [-0.4, -0.2) is 57.3 Å². The molecule has 0 spiro atoms. The van der Waals surface area contributed by atoms with Gasteiger partial charge >= 0.3 is 5.97 Å². The van der Waals surface area contributed by atoms with Crippen LogP contribution in [0.2, 0.25) is 0 Å². The molecule has 4 N–H and O–H groups in total. The van der Waals surface area contributed by atoms with Crippen molar-refractivity contribution >= 4 is 23.5 Å². The van der Waals surface area contributed by atoms with E-state index in [1.54, 1.807) is 0 Å². The number of Topliss-reactive ketones (excluding diaryl/α,β-unsaturated/α-hetero) is 1. The van der Waals surface area contributed by atoms with Crippen molar-refractivity contribution < 1.29 is 24.5 Å². The Morgan fingerprint density at radius 2 is 1.97 bits per heavy atom. The van der Waals surface area contributed by atoms with Gasteiger partial charge in [-0.1, -0.05) is 33.8 Å². The van der Waals surface area contributed by atoms with Crippen LogP contribution in [0, 0.1) is 34.0 Å². The Labute approximate surface area is 208 Å². The van der Waals surface area contributed by atoms with E-state index in [2.05, 4.69) is 27.4 Å². The fourth-order valence-electron chi connectivity index (χ4n) is 8.06. The zero-order chi connectivity index (χ0) is 25.1. The van der Waals surface area contributed by atoms with Crippen LogP contribution in [-0.2, 0) is 14.3 Å². The summed E-state index contributed by atoms with van der Waals surface area (Å²) in [6.45, 7) is 12.5. The Morgan fingerprint density at radius 3 is 2.59 bits per heavy atom. The third kappa shape index (κ3) is 3.99. The predicted molar refractivity (Wildman–Crippen MR) is 134 cm³/mol. The molecule has 0 aromatic carbocycles. The van der Waals surface area contributed by atoms with E-state index in [1.165, 1.54) is 11.8 Å². The van der Waals surface area contributed by atoms with Crippen molar-refractivity contribution in [3.63, 3.8) is 0 Å². The van der Waals surface area contributed by atoms with Crippen LogP contribution in [0.25, 0.3) is 0 Å². The van der Waals surface area contributed by atoms with Gasteiger partial charge in [-0.05, 0) is 55.8 Å². The highest BCUT2D eigenvalue weighted by Gasteiger charge is 2.68. The first kappa shape index (κ1) is 26.2. The van der Waals surface area contributed by atoms with Gasteiger partial charge < -0.3 is 20.7 Å². The highest BCUT2D eigenvalue weighted by Crippen LogP contribution is 2.68. The maximum Gasteiger partial charge on any atom is 0.316 e. The standard InChI is InChI=1S/C27H43NO5S/c1-6-25(4)13-21(33-22(31)14-34-20-12-17(28)11-19(20)30)26(5)15(2)7-9-27(16(3)24(25)32)10-8-18(29)23(26)27/h6,15-17,19-21,23-24,30,32H,1,7-14,28H2,2-5H3/t15-,16+,17?,19?,20?,21-,23+,24+,25-,26+,27+/m1/s1. The van der Waals surface area contributed by atoms with Gasteiger partial charge in [-0.15, -0.1) is 18.3 Å². The van der Waals surface area contributed by atoms with E-state index < -0.39 is 29.1 Å². The van der Waals surface area contributed by atoms with Crippen LogP contribution in [0.15, 0.2) is 12.7 Å². The molecule has 4 rings (SSSR count). The number of hydrogen-bond acceptors (Lipinski definition) is 7. The van der Waals surface area contributed by atoms with E-state index in [0.29, 0.717) is 25.7 Å². The summed E-state index contributed by atoms with van der Waals surface area (Å²) in [7, 11) is 0. The van der Waals surface area contributed by atoms with Crippen LogP contribution in [0.5, 0.6) is 0 Å². The second-order valence-electron chi connectivity index (χ2n) is 12.2. The van der Waals surface area contributed by atoms with E-state index in [-0.39, 0.29) is 52.0 Å². The number of aliphatic hydroxyl groups is 2. The van der Waals surface area contributed by atoms with E-state index >= 15 is 0 Å². The van der Waals surface area contributed by atoms with Crippen LogP contribution < -0.4 is 5.73 Å². The van der Waals surface area contributed by atoms with Crippen molar-refractivity contribution in [3.8, 4) is 0 Å². The Morgan fingerprint density at radius 1 is 1.26 bits per heavy atom. The lowest BCUT2D eigenvalue weighted by Crippen LogP contribution is -2.63. The van der Waals surface area contributed by atoms with E-state index in [4.69, 9.17) is 10.5 Å². The molecule has 0 amide bonds. The highest BCUT2D eigenvalue weighted by atomic mass is 32.2. The fraction of sp³-hybridized carbons (Fsp3) is 0.852. The summed E-state index contributed by atoms with van der Waals surface area (Å²) in [5, 5.41) is 21.7. The summed E-state index contributed by atoms with van der Waals surface area (Å²) in [6.07, 6.45) is 5.05. The molecule has 0 aromatic heterocycles. The number of thioether (sulfide) groups is 1. The van der Waals surface area contributed by atoms with Crippen LogP contribution in [0.1, 0.15) is 72.6 Å². The Hall–Kier alpha value is -0.890. The zero-order valence-corrected chi connectivity index (χ0v) is 22.0. The van der Waals surface area contributed by atoms with Gasteiger partial charge in [0.15, 0.2) is 0 Å². The molecule has 3 unspecified atom stereocenters. The maximum atomic E-state index is 13.4. The van der Waals surface area contributed by atoms with Gasteiger partial charge in [0.25, 0.3) is 0 Å². The third-order valence-electron chi connectivity index (χ3n) is 10.5. The fourth-order valence-corrected chi connectivity index (χ4v) is 9.20. The number of ether oxygens (including phenoxy) is 1. The molecule has 4 saturated carbocycles. The monoisotopic (exact) mass is 493 g/mol. The number of esters is 1. The zero-order valence-electron chi connectivity index (χ0n) is 21.2. The van der Waals surface area contributed by atoms with Gasteiger partial charge in [-0.2, -0.15) is 0 Å². The average molecular weight is 494 g/mol. The second kappa shape index (κ2) is 9.20. The minimum atomic E-state index is -0.665.